The Balaban J connectivity index is 1.67. The van der Waals surface area contributed by atoms with Gasteiger partial charge in [-0.2, -0.15) is 0 Å². The van der Waals surface area contributed by atoms with E-state index in [1.165, 1.54) is 18.9 Å². The van der Waals surface area contributed by atoms with Crippen molar-refractivity contribution in [2.45, 2.75) is 12.8 Å². The Bertz CT molecular complexity index is 839. The number of halogens is 1. The zero-order chi connectivity index (χ0) is 16.4. The number of piperidine rings is 1. The molecule has 0 aliphatic carbocycles. The number of ether oxygens (including phenoxy) is 1. The highest BCUT2D eigenvalue weighted by Gasteiger charge is 2.18. The average molecular weight is 325 g/mol. The molecular formula is C19H20FN3O. The second kappa shape index (κ2) is 6.61. The molecule has 3 aromatic rings. The Morgan fingerprint density at radius 1 is 1.17 bits per heavy atom. The molecule has 4 rings (SSSR count). The molecule has 0 radical (unpaired) electrons. The van der Waals surface area contributed by atoms with Crippen LogP contribution in [0.25, 0.3) is 16.6 Å². The smallest absolute Gasteiger partial charge is 0.241 e. The van der Waals surface area contributed by atoms with Gasteiger partial charge in [-0.15, -0.1) is 5.10 Å². The van der Waals surface area contributed by atoms with E-state index in [1.54, 1.807) is 16.8 Å². The van der Waals surface area contributed by atoms with Crippen molar-refractivity contribution in [3.8, 4) is 11.6 Å². The number of fused-ring (bicyclic) bond motifs is 1. The molecule has 0 amide bonds. The highest BCUT2D eigenvalue weighted by atomic mass is 19.1. The van der Waals surface area contributed by atoms with E-state index >= 15 is 0 Å². The van der Waals surface area contributed by atoms with Crippen LogP contribution >= 0.6 is 0 Å². The van der Waals surface area contributed by atoms with Crippen LogP contribution in [0.2, 0.25) is 0 Å². The molecule has 1 aliphatic heterocycles. The standard InChI is InChI=1S/C19H20FN3O/c20-16-8-2-4-10-18(16)23-17-9-3-1-7-15(17)19(22-23)24-13-14-6-5-11-21-12-14/h1-4,7-10,14,21H,5-6,11-13H2/t14-/m0/s1. The molecule has 2 heterocycles. The van der Waals surface area contributed by atoms with Crippen molar-refractivity contribution >= 4 is 10.9 Å². The first kappa shape index (κ1) is 15.1. The summed E-state index contributed by atoms with van der Waals surface area (Å²) in [6, 6.07) is 14.4. The van der Waals surface area contributed by atoms with E-state index in [0.29, 0.717) is 24.1 Å². The quantitative estimate of drug-likeness (QED) is 0.797. The maximum Gasteiger partial charge on any atom is 0.241 e. The fourth-order valence-electron chi connectivity index (χ4n) is 3.21. The number of nitrogens with one attached hydrogen (secondary N) is 1. The monoisotopic (exact) mass is 325 g/mol. The van der Waals surface area contributed by atoms with E-state index in [-0.39, 0.29) is 5.82 Å². The minimum absolute atomic E-state index is 0.297. The van der Waals surface area contributed by atoms with Gasteiger partial charge in [-0.25, -0.2) is 9.07 Å². The Morgan fingerprint density at radius 3 is 2.83 bits per heavy atom. The second-order valence-corrected chi connectivity index (χ2v) is 6.21. The number of benzene rings is 2. The van der Waals surface area contributed by atoms with Crippen molar-refractivity contribution in [2.24, 2.45) is 5.92 Å². The Kier molecular flexibility index (Phi) is 4.17. The molecule has 4 nitrogen and oxygen atoms in total. The van der Waals surface area contributed by atoms with Gasteiger partial charge in [0, 0.05) is 12.5 Å². The molecule has 2 aromatic carbocycles. The summed E-state index contributed by atoms with van der Waals surface area (Å²) in [4.78, 5) is 0. The summed E-state index contributed by atoms with van der Waals surface area (Å²) in [5.41, 5.74) is 1.28. The lowest BCUT2D eigenvalue weighted by molar-refractivity contribution is 0.213. The van der Waals surface area contributed by atoms with Crippen LogP contribution in [-0.2, 0) is 0 Å². The molecule has 0 saturated carbocycles. The minimum atomic E-state index is -0.297. The lowest BCUT2D eigenvalue weighted by Gasteiger charge is -2.22. The number of hydrogen-bond acceptors (Lipinski definition) is 3. The molecule has 1 saturated heterocycles. The van der Waals surface area contributed by atoms with Crippen LogP contribution < -0.4 is 10.1 Å². The van der Waals surface area contributed by atoms with Crippen LogP contribution in [0.15, 0.2) is 48.5 Å². The highest BCUT2D eigenvalue weighted by Crippen LogP contribution is 2.28. The third kappa shape index (κ3) is 2.87. The van der Waals surface area contributed by atoms with Crippen molar-refractivity contribution in [1.82, 2.24) is 15.1 Å². The molecule has 0 spiro atoms. The van der Waals surface area contributed by atoms with Crippen LogP contribution in [0.5, 0.6) is 5.88 Å². The zero-order valence-electron chi connectivity index (χ0n) is 13.4. The van der Waals surface area contributed by atoms with E-state index < -0.39 is 0 Å². The molecule has 1 atom stereocenters. The van der Waals surface area contributed by atoms with Crippen LogP contribution in [0.4, 0.5) is 4.39 Å². The first-order valence-electron chi connectivity index (χ1n) is 8.39. The van der Waals surface area contributed by atoms with Crippen LogP contribution in [0, 0.1) is 11.7 Å². The van der Waals surface area contributed by atoms with Gasteiger partial charge in [0.1, 0.15) is 11.5 Å². The molecule has 0 bridgehead atoms. The molecular weight excluding hydrogens is 305 g/mol. The van der Waals surface area contributed by atoms with Gasteiger partial charge in [-0.3, -0.25) is 0 Å². The lowest BCUT2D eigenvalue weighted by Crippen LogP contribution is -2.33. The summed E-state index contributed by atoms with van der Waals surface area (Å²) in [6.45, 7) is 2.69. The van der Waals surface area contributed by atoms with E-state index in [4.69, 9.17) is 4.74 Å². The average Bonchev–Trinajstić information content (AvgIpc) is 3.00. The Labute approximate surface area is 140 Å². The van der Waals surface area contributed by atoms with Crippen LogP contribution in [0.3, 0.4) is 0 Å². The molecule has 0 unspecified atom stereocenters. The third-order valence-electron chi connectivity index (χ3n) is 4.49. The second-order valence-electron chi connectivity index (χ2n) is 6.21. The predicted octanol–water partition coefficient (Wildman–Crippen LogP) is 3.54. The zero-order valence-corrected chi connectivity index (χ0v) is 13.4. The summed E-state index contributed by atoms with van der Waals surface area (Å²) >= 11 is 0. The van der Waals surface area contributed by atoms with Gasteiger partial charge in [0.25, 0.3) is 0 Å². The van der Waals surface area contributed by atoms with Crippen LogP contribution in [-0.4, -0.2) is 29.5 Å². The van der Waals surface area contributed by atoms with Gasteiger partial charge in [0.2, 0.25) is 5.88 Å². The first-order chi connectivity index (χ1) is 11.8. The van der Waals surface area contributed by atoms with Gasteiger partial charge < -0.3 is 10.1 Å². The largest absolute Gasteiger partial charge is 0.476 e. The SMILES string of the molecule is Fc1ccccc1-n1nc(OC[C@H]2CCCNC2)c2ccccc21. The van der Waals surface area contributed by atoms with E-state index in [0.717, 1.165) is 24.0 Å². The van der Waals surface area contributed by atoms with Crippen LogP contribution in [0.1, 0.15) is 12.8 Å². The van der Waals surface area contributed by atoms with Gasteiger partial charge in [-0.1, -0.05) is 24.3 Å². The number of hydrogen-bond donors (Lipinski definition) is 1. The topological polar surface area (TPSA) is 39.1 Å². The summed E-state index contributed by atoms with van der Waals surface area (Å²) in [5, 5.41) is 8.84. The van der Waals surface area contributed by atoms with Crippen molar-refractivity contribution in [2.75, 3.05) is 19.7 Å². The number of rotatable bonds is 4. The van der Waals surface area contributed by atoms with Gasteiger partial charge >= 0.3 is 0 Å². The van der Waals surface area contributed by atoms with Crippen molar-refractivity contribution in [3.05, 3.63) is 54.3 Å². The van der Waals surface area contributed by atoms with Crippen molar-refractivity contribution in [3.63, 3.8) is 0 Å². The maximum absolute atomic E-state index is 14.2. The van der Waals surface area contributed by atoms with Gasteiger partial charge in [0.05, 0.1) is 17.5 Å². The predicted molar refractivity (Wildman–Crippen MR) is 92.1 cm³/mol. The molecule has 5 heteroatoms. The molecule has 1 N–H and O–H groups in total. The fourth-order valence-corrected chi connectivity index (χ4v) is 3.21. The van der Waals surface area contributed by atoms with Gasteiger partial charge in [0.15, 0.2) is 0 Å². The number of aromatic nitrogens is 2. The van der Waals surface area contributed by atoms with Crippen molar-refractivity contribution < 1.29 is 9.13 Å². The maximum atomic E-state index is 14.2. The molecule has 1 aromatic heterocycles. The first-order valence-corrected chi connectivity index (χ1v) is 8.39. The minimum Gasteiger partial charge on any atom is -0.476 e. The Hall–Kier alpha value is -2.40. The summed E-state index contributed by atoms with van der Waals surface area (Å²) in [7, 11) is 0. The summed E-state index contributed by atoms with van der Waals surface area (Å²) in [5.74, 6) is 0.768. The van der Waals surface area contributed by atoms with E-state index in [2.05, 4.69) is 10.4 Å². The molecule has 24 heavy (non-hydrogen) atoms. The van der Waals surface area contributed by atoms with Gasteiger partial charge in [-0.05, 0) is 43.7 Å². The number of nitrogens with zero attached hydrogens (tertiary/aromatic N) is 2. The molecule has 1 fully saturated rings. The summed E-state index contributed by atoms with van der Waals surface area (Å²) < 4.78 is 21.8. The normalized spacial score (nSPS) is 18.0. The lowest BCUT2D eigenvalue weighted by atomic mass is 10.0. The molecule has 124 valence electrons. The highest BCUT2D eigenvalue weighted by molar-refractivity contribution is 5.86. The van der Waals surface area contributed by atoms with E-state index in [9.17, 15) is 4.39 Å². The number of para-hydroxylation sites is 2. The van der Waals surface area contributed by atoms with Crippen molar-refractivity contribution in [1.29, 1.82) is 0 Å². The fraction of sp³-hybridized carbons (Fsp3) is 0.316. The molecule has 1 aliphatic rings. The third-order valence-corrected chi connectivity index (χ3v) is 4.49. The summed E-state index contributed by atoms with van der Waals surface area (Å²) in [6.07, 6.45) is 2.34. The van der Waals surface area contributed by atoms with E-state index in [1.807, 2.05) is 30.3 Å². The Morgan fingerprint density at radius 2 is 2.00 bits per heavy atom.